The first-order valence-corrected chi connectivity index (χ1v) is 5.25. The SMILES string of the molecule is Cc1ccc(N2CCCC2=O)nc1C(F)(F)F. The van der Waals surface area contributed by atoms with E-state index in [0.717, 1.165) is 0 Å². The zero-order chi connectivity index (χ0) is 12.6. The zero-order valence-corrected chi connectivity index (χ0v) is 9.21. The molecule has 0 unspecified atom stereocenters. The van der Waals surface area contributed by atoms with Crippen molar-refractivity contribution >= 4 is 11.7 Å². The van der Waals surface area contributed by atoms with Gasteiger partial charge in [0.2, 0.25) is 5.91 Å². The van der Waals surface area contributed by atoms with Crippen LogP contribution in [0.1, 0.15) is 24.1 Å². The van der Waals surface area contributed by atoms with Gasteiger partial charge in [0, 0.05) is 13.0 Å². The summed E-state index contributed by atoms with van der Waals surface area (Å²) in [7, 11) is 0. The van der Waals surface area contributed by atoms with E-state index in [1.165, 1.54) is 24.0 Å². The maximum atomic E-state index is 12.6. The molecule has 6 heteroatoms. The predicted molar refractivity (Wildman–Crippen MR) is 55.6 cm³/mol. The molecule has 92 valence electrons. The number of carbonyl (C=O) groups excluding carboxylic acids is 1. The topological polar surface area (TPSA) is 33.2 Å². The molecule has 0 atom stereocenters. The lowest BCUT2D eigenvalue weighted by Crippen LogP contribution is -2.26. The summed E-state index contributed by atoms with van der Waals surface area (Å²) in [6.07, 6.45) is -3.45. The van der Waals surface area contributed by atoms with E-state index >= 15 is 0 Å². The second kappa shape index (κ2) is 4.01. The van der Waals surface area contributed by atoms with Crippen LogP contribution < -0.4 is 4.90 Å². The minimum Gasteiger partial charge on any atom is -0.297 e. The average molecular weight is 244 g/mol. The summed E-state index contributed by atoms with van der Waals surface area (Å²) in [5, 5.41) is 0. The normalized spacial score (nSPS) is 16.7. The van der Waals surface area contributed by atoms with Crippen LogP contribution >= 0.6 is 0 Å². The molecule has 1 aromatic heterocycles. The number of halogens is 3. The van der Waals surface area contributed by atoms with Gasteiger partial charge < -0.3 is 0 Å². The monoisotopic (exact) mass is 244 g/mol. The highest BCUT2D eigenvalue weighted by molar-refractivity contribution is 5.94. The number of aryl methyl sites for hydroxylation is 1. The Balaban J connectivity index is 2.41. The summed E-state index contributed by atoms with van der Waals surface area (Å²) in [6, 6.07) is 2.80. The summed E-state index contributed by atoms with van der Waals surface area (Å²) in [5.41, 5.74) is -0.859. The second-order valence-electron chi connectivity index (χ2n) is 3.98. The molecule has 0 spiro atoms. The Morgan fingerprint density at radius 2 is 2.06 bits per heavy atom. The van der Waals surface area contributed by atoms with Crippen LogP contribution in [0.4, 0.5) is 19.0 Å². The molecule has 0 bridgehead atoms. The lowest BCUT2D eigenvalue weighted by Gasteiger charge is -2.17. The fraction of sp³-hybridized carbons (Fsp3) is 0.455. The molecule has 1 saturated heterocycles. The number of anilines is 1. The largest absolute Gasteiger partial charge is 0.433 e. The Hall–Kier alpha value is -1.59. The quantitative estimate of drug-likeness (QED) is 0.760. The van der Waals surface area contributed by atoms with Gasteiger partial charge in [0.15, 0.2) is 0 Å². The highest BCUT2D eigenvalue weighted by atomic mass is 19.4. The van der Waals surface area contributed by atoms with Gasteiger partial charge in [-0.1, -0.05) is 6.07 Å². The van der Waals surface area contributed by atoms with Crippen molar-refractivity contribution in [1.29, 1.82) is 0 Å². The first kappa shape index (κ1) is 11.9. The average Bonchev–Trinajstić information content (AvgIpc) is 2.63. The van der Waals surface area contributed by atoms with Crippen molar-refractivity contribution in [3.8, 4) is 0 Å². The van der Waals surface area contributed by atoms with E-state index in [4.69, 9.17) is 0 Å². The Kier molecular flexibility index (Phi) is 2.81. The molecule has 2 rings (SSSR count). The summed E-state index contributed by atoms with van der Waals surface area (Å²) < 4.78 is 37.9. The van der Waals surface area contributed by atoms with Crippen LogP contribution in [0.15, 0.2) is 12.1 Å². The number of hydrogen-bond acceptors (Lipinski definition) is 2. The van der Waals surface area contributed by atoms with Crippen LogP contribution in [0.25, 0.3) is 0 Å². The molecule has 0 radical (unpaired) electrons. The van der Waals surface area contributed by atoms with Crippen molar-refractivity contribution in [1.82, 2.24) is 4.98 Å². The molecular formula is C11H11F3N2O. The van der Waals surface area contributed by atoms with Gasteiger partial charge in [0.25, 0.3) is 0 Å². The van der Waals surface area contributed by atoms with E-state index in [2.05, 4.69) is 4.98 Å². The van der Waals surface area contributed by atoms with E-state index < -0.39 is 11.9 Å². The Morgan fingerprint density at radius 1 is 1.35 bits per heavy atom. The van der Waals surface area contributed by atoms with Gasteiger partial charge >= 0.3 is 6.18 Å². The molecule has 3 nitrogen and oxygen atoms in total. The molecule has 0 N–H and O–H groups in total. The third-order valence-corrected chi connectivity index (χ3v) is 2.70. The fourth-order valence-corrected chi connectivity index (χ4v) is 1.85. The third-order valence-electron chi connectivity index (χ3n) is 2.70. The maximum absolute atomic E-state index is 12.6. The van der Waals surface area contributed by atoms with Gasteiger partial charge in [0.1, 0.15) is 11.5 Å². The number of rotatable bonds is 1. The van der Waals surface area contributed by atoms with Crippen molar-refractivity contribution in [3.05, 3.63) is 23.4 Å². The summed E-state index contributed by atoms with van der Waals surface area (Å²) in [5.74, 6) is -0.0834. The molecule has 17 heavy (non-hydrogen) atoms. The van der Waals surface area contributed by atoms with E-state index in [1.807, 2.05) is 0 Å². The number of hydrogen-bond donors (Lipinski definition) is 0. The highest BCUT2D eigenvalue weighted by Crippen LogP contribution is 2.32. The third kappa shape index (κ3) is 2.25. The lowest BCUT2D eigenvalue weighted by atomic mass is 10.2. The Bertz CT molecular complexity index is 457. The maximum Gasteiger partial charge on any atom is 0.433 e. The van der Waals surface area contributed by atoms with Gasteiger partial charge in [0.05, 0.1) is 0 Å². The number of nitrogens with zero attached hydrogens (tertiary/aromatic N) is 2. The van der Waals surface area contributed by atoms with E-state index in [0.29, 0.717) is 19.4 Å². The number of alkyl halides is 3. The first-order chi connectivity index (χ1) is 7.89. The van der Waals surface area contributed by atoms with Crippen LogP contribution in [0.3, 0.4) is 0 Å². The second-order valence-corrected chi connectivity index (χ2v) is 3.98. The number of amides is 1. The van der Waals surface area contributed by atoms with Crippen molar-refractivity contribution in [2.45, 2.75) is 25.9 Å². The van der Waals surface area contributed by atoms with Gasteiger partial charge in [-0.05, 0) is 25.0 Å². The van der Waals surface area contributed by atoms with Crippen molar-refractivity contribution in [2.75, 3.05) is 11.4 Å². The zero-order valence-electron chi connectivity index (χ0n) is 9.21. The van der Waals surface area contributed by atoms with Gasteiger partial charge in [-0.25, -0.2) is 4.98 Å². The van der Waals surface area contributed by atoms with Crippen LogP contribution in [-0.4, -0.2) is 17.4 Å². The van der Waals surface area contributed by atoms with Crippen molar-refractivity contribution in [3.63, 3.8) is 0 Å². The molecule has 1 aromatic rings. The molecule has 0 aromatic carbocycles. The number of carbonyl (C=O) groups is 1. The first-order valence-electron chi connectivity index (χ1n) is 5.25. The van der Waals surface area contributed by atoms with E-state index in [1.54, 1.807) is 0 Å². The minimum atomic E-state index is -4.48. The molecule has 1 fully saturated rings. The Morgan fingerprint density at radius 3 is 2.59 bits per heavy atom. The smallest absolute Gasteiger partial charge is 0.297 e. The van der Waals surface area contributed by atoms with E-state index in [-0.39, 0.29) is 17.3 Å². The summed E-state index contributed by atoms with van der Waals surface area (Å²) >= 11 is 0. The Labute approximate surface area is 96.3 Å². The van der Waals surface area contributed by atoms with Gasteiger partial charge in [-0.3, -0.25) is 9.69 Å². The van der Waals surface area contributed by atoms with Crippen molar-refractivity contribution in [2.24, 2.45) is 0 Å². The molecular weight excluding hydrogens is 233 g/mol. The molecule has 1 amide bonds. The summed E-state index contributed by atoms with van der Waals surface area (Å²) in [6.45, 7) is 1.79. The lowest BCUT2D eigenvalue weighted by molar-refractivity contribution is -0.141. The molecule has 0 saturated carbocycles. The molecule has 1 aliphatic heterocycles. The molecule has 2 heterocycles. The number of aromatic nitrogens is 1. The van der Waals surface area contributed by atoms with Crippen LogP contribution in [0.2, 0.25) is 0 Å². The van der Waals surface area contributed by atoms with E-state index in [9.17, 15) is 18.0 Å². The molecule has 1 aliphatic rings. The standard InChI is InChI=1S/C11H11F3N2O/c1-7-4-5-8(15-10(7)11(12,13)14)16-6-2-3-9(16)17/h4-5H,2-3,6H2,1H3. The van der Waals surface area contributed by atoms with Crippen molar-refractivity contribution < 1.29 is 18.0 Å². The minimum absolute atomic E-state index is 0.0629. The van der Waals surface area contributed by atoms with Gasteiger partial charge in [-0.15, -0.1) is 0 Å². The van der Waals surface area contributed by atoms with Crippen LogP contribution in [0.5, 0.6) is 0 Å². The molecule has 0 aliphatic carbocycles. The van der Waals surface area contributed by atoms with Gasteiger partial charge in [-0.2, -0.15) is 13.2 Å². The highest BCUT2D eigenvalue weighted by Gasteiger charge is 2.35. The predicted octanol–water partition coefficient (Wildman–Crippen LogP) is 2.54. The van der Waals surface area contributed by atoms with Crippen LogP contribution in [0, 0.1) is 6.92 Å². The van der Waals surface area contributed by atoms with Crippen LogP contribution in [-0.2, 0) is 11.0 Å². The summed E-state index contributed by atoms with van der Waals surface area (Å²) in [4.78, 5) is 16.3. The number of pyridine rings is 1. The fourth-order valence-electron chi connectivity index (χ4n) is 1.85.